The third kappa shape index (κ3) is 5.73. The molecule has 1 aliphatic heterocycles. The van der Waals surface area contributed by atoms with Gasteiger partial charge >= 0.3 is 0 Å². The van der Waals surface area contributed by atoms with E-state index in [0.717, 1.165) is 50.1 Å². The monoisotopic (exact) mass is 419 g/mol. The molecule has 3 rings (SSSR count). The summed E-state index contributed by atoms with van der Waals surface area (Å²) in [6.07, 6.45) is 12.3. The van der Waals surface area contributed by atoms with Gasteiger partial charge in [0.25, 0.3) is 0 Å². The Morgan fingerprint density at radius 3 is 2.74 bits per heavy atom. The number of hydrogen-bond acceptors (Lipinski definition) is 5. The van der Waals surface area contributed by atoms with Crippen LogP contribution in [0.1, 0.15) is 52.2 Å². The van der Waals surface area contributed by atoms with Crippen molar-refractivity contribution in [2.24, 2.45) is 0 Å². The standard InChI is InChI=1S/C26H37N5/c1-6-19(4)9-10-25(31-14-13-27-17-20(31)5)23(8-3)30-18-21-15-22(7-2)26-24(16-21)28-11-12-29-26/h8-12,15-16,20,27,30H,6-7,13-14,17-18H2,1-5H3/b19-9+,23-8+,25-10+. The van der Waals surface area contributed by atoms with Crippen LogP contribution >= 0.6 is 0 Å². The summed E-state index contributed by atoms with van der Waals surface area (Å²) in [6, 6.07) is 4.87. The second-order valence-corrected chi connectivity index (χ2v) is 8.25. The van der Waals surface area contributed by atoms with Crippen LogP contribution in [0, 0.1) is 0 Å². The average molecular weight is 420 g/mol. The van der Waals surface area contributed by atoms with Crippen LogP contribution in [0.25, 0.3) is 11.0 Å². The Morgan fingerprint density at radius 1 is 1.23 bits per heavy atom. The van der Waals surface area contributed by atoms with Crippen molar-refractivity contribution in [1.82, 2.24) is 25.5 Å². The largest absolute Gasteiger partial charge is 0.380 e. The summed E-state index contributed by atoms with van der Waals surface area (Å²) in [7, 11) is 0. The predicted molar refractivity (Wildman–Crippen MR) is 131 cm³/mol. The van der Waals surface area contributed by atoms with Gasteiger partial charge in [0.15, 0.2) is 0 Å². The number of aromatic nitrogens is 2. The predicted octanol–water partition coefficient (Wildman–Crippen LogP) is 4.72. The number of fused-ring (bicyclic) bond motifs is 1. The van der Waals surface area contributed by atoms with Gasteiger partial charge in [-0.1, -0.05) is 37.6 Å². The molecule has 0 amide bonds. The number of nitrogens with zero attached hydrogens (tertiary/aromatic N) is 3. The molecule has 0 saturated carbocycles. The Labute approximate surface area is 187 Å². The fraction of sp³-hybridized carbons (Fsp3) is 0.462. The van der Waals surface area contributed by atoms with Gasteiger partial charge in [-0.25, -0.2) is 0 Å². The van der Waals surface area contributed by atoms with E-state index in [4.69, 9.17) is 0 Å². The lowest BCUT2D eigenvalue weighted by molar-refractivity contribution is 0.225. The second kappa shape index (κ2) is 11.1. The van der Waals surface area contributed by atoms with Gasteiger partial charge in [0, 0.05) is 44.6 Å². The molecule has 1 fully saturated rings. The minimum atomic E-state index is 0.453. The fourth-order valence-corrected chi connectivity index (χ4v) is 4.00. The molecular weight excluding hydrogens is 382 g/mol. The molecule has 0 spiro atoms. The van der Waals surface area contributed by atoms with Crippen LogP contribution in [0.15, 0.2) is 59.7 Å². The molecule has 1 saturated heterocycles. The Morgan fingerprint density at radius 2 is 2.03 bits per heavy atom. The van der Waals surface area contributed by atoms with Crippen LogP contribution in [-0.2, 0) is 13.0 Å². The maximum absolute atomic E-state index is 4.54. The van der Waals surface area contributed by atoms with E-state index in [2.05, 4.69) is 90.5 Å². The zero-order valence-corrected chi connectivity index (χ0v) is 19.7. The Balaban J connectivity index is 1.87. The molecule has 166 valence electrons. The van der Waals surface area contributed by atoms with E-state index in [1.165, 1.54) is 28.1 Å². The molecule has 1 aliphatic rings. The van der Waals surface area contributed by atoms with E-state index < -0.39 is 0 Å². The zero-order valence-electron chi connectivity index (χ0n) is 19.7. The minimum Gasteiger partial charge on any atom is -0.380 e. The highest BCUT2D eigenvalue weighted by atomic mass is 15.2. The van der Waals surface area contributed by atoms with Crippen LogP contribution in [-0.4, -0.2) is 40.5 Å². The van der Waals surface area contributed by atoms with Gasteiger partial charge in [-0.2, -0.15) is 0 Å². The molecule has 31 heavy (non-hydrogen) atoms. The summed E-state index contributed by atoms with van der Waals surface area (Å²) in [5.41, 5.74) is 8.28. The van der Waals surface area contributed by atoms with Crippen LogP contribution in [0.5, 0.6) is 0 Å². The van der Waals surface area contributed by atoms with Crippen molar-refractivity contribution in [2.75, 3.05) is 19.6 Å². The minimum absolute atomic E-state index is 0.453. The molecule has 2 heterocycles. The molecule has 2 aromatic rings. The smallest absolute Gasteiger partial charge is 0.0918 e. The van der Waals surface area contributed by atoms with Gasteiger partial charge in [0.1, 0.15) is 0 Å². The van der Waals surface area contributed by atoms with Crippen molar-refractivity contribution >= 4 is 11.0 Å². The quantitative estimate of drug-likeness (QED) is 0.607. The lowest BCUT2D eigenvalue weighted by atomic mass is 10.1. The highest BCUT2D eigenvalue weighted by Crippen LogP contribution is 2.22. The van der Waals surface area contributed by atoms with E-state index in [1.54, 1.807) is 12.4 Å². The molecule has 1 atom stereocenters. The lowest BCUT2D eigenvalue weighted by Crippen LogP contribution is -2.49. The van der Waals surface area contributed by atoms with Gasteiger partial charge in [0.2, 0.25) is 0 Å². The highest BCUT2D eigenvalue weighted by Gasteiger charge is 2.22. The van der Waals surface area contributed by atoms with Crippen molar-refractivity contribution < 1.29 is 0 Å². The molecule has 0 radical (unpaired) electrons. The SMILES string of the molecule is C\C=C(NCc1cc(CC)c2nccnc2c1)/C(=C\C=C(/C)CC)N1CCNCC1C. The molecule has 1 aromatic carbocycles. The van der Waals surface area contributed by atoms with Gasteiger partial charge < -0.3 is 15.5 Å². The van der Waals surface area contributed by atoms with E-state index >= 15 is 0 Å². The third-order valence-corrected chi connectivity index (χ3v) is 6.04. The Hall–Kier alpha value is -2.66. The van der Waals surface area contributed by atoms with Gasteiger partial charge in [-0.15, -0.1) is 0 Å². The van der Waals surface area contributed by atoms with E-state index in [1.807, 2.05) is 0 Å². The van der Waals surface area contributed by atoms with Crippen molar-refractivity contribution in [2.45, 2.75) is 60.0 Å². The highest BCUT2D eigenvalue weighted by molar-refractivity contribution is 5.78. The lowest BCUT2D eigenvalue weighted by Gasteiger charge is -2.38. The van der Waals surface area contributed by atoms with Crippen molar-refractivity contribution in [3.8, 4) is 0 Å². The molecule has 0 bridgehead atoms. The summed E-state index contributed by atoms with van der Waals surface area (Å²) < 4.78 is 0. The number of aryl methyl sites for hydroxylation is 1. The van der Waals surface area contributed by atoms with Crippen LogP contribution in [0.3, 0.4) is 0 Å². The number of nitrogens with one attached hydrogen (secondary N) is 2. The van der Waals surface area contributed by atoms with Crippen molar-refractivity contribution in [3.63, 3.8) is 0 Å². The second-order valence-electron chi connectivity index (χ2n) is 8.25. The van der Waals surface area contributed by atoms with Crippen LogP contribution < -0.4 is 10.6 Å². The zero-order chi connectivity index (χ0) is 22.2. The summed E-state index contributed by atoms with van der Waals surface area (Å²) >= 11 is 0. The summed E-state index contributed by atoms with van der Waals surface area (Å²) in [6.45, 7) is 14.8. The first-order valence-electron chi connectivity index (χ1n) is 11.5. The first-order chi connectivity index (χ1) is 15.1. The maximum atomic E-state index is 4.54. The van der Waals surface area contributed by atoms with E-state index in [0.29, 0.717) is 6.04 Å². The number of allylic oxidation sites excluding steroid dienone is 4. The van der Waals surface area contributed by atoms with Crippen LogP contribution in [0.2, 0.25) is 0 Å². The van der Waals surface area contributed by atoms with E-state index in [9.17, 15) is 0 Å². The van der Waals surface area contributed by atoms with Crippen molar-refractivity contribution in [1.29, 1.82) is 0 Å². The maximum Gasteiger partial charge on any atom is 0.0918 e. The van der Waals surface area contributed by atoms with Gasteiger partial charge in [-0.05, 0) is 56.9 Å². The molecule has 1 aromatic heterocycles. The van der Waals surface area contributed by atoms with E-state index in [-0.39, 0.29) is 0 Å². The number of benzene rings is 1. The normalized spacial score (nSPS) is 18.5. The van der Waals surface area contributed by atoms with Crippen LogP contribution in [0.4, 0.5) is 0 Å². The summed E-state index contributed by atoms with van der Waals surface area (Å²) in [5.74, 6) is 0. The third-order valence-electron chi connectivity index (χ3n) is 6.04. The van der Waals surface area contributed by atoms with Gasteiger partial charge in [0.05, 0.1) is 22.4 Å². The number of hydrogen-bond donors (Lipinski definition) is 2. The molecule has 5 nitrogen and oxygen atoms in total. The molecule has 2 N–H and O–H groups in total. The molecule has 0 aliphatic carbocycles. The van der Waals surface area contributed by atoms with Gasteiger partial charge in [-0.3, -0.25) is 9.97 Å². The topological polar surface area (TPSA) is 53.1 Å². The summed E-state index contributed by atoms with van der Waals surface area (Å²) in [5, 5.41) is 7.22. The molecule has 1 unspecified atom stereocenters. The fourth-order valence-electron chi connectivity index (χ4n) is 4.00. The first-order valence-corrected chi connectivity index (χ1v) is 11.5. The number of rotatable bonds is 8. The molecular formula is C26H37N5. The average Bonchev–Trinajstić information content (AvgIpc) is 2.80. The Kier molecular flexibility index (Phi) is 8.24. The van der Waals surface area contributed by atoms with Crippen molar-refractivity contribution in [3.05, 3.63) is 70.8 Å². The molecule has 5 heteroatoms. The summed E-state index contributed by atoms with van der Waals surface area (Å²) in [4.78, 5) is 11.6. The number of piperazine rings is 1. The first kappa shape index (κ1) is 23.0. The Bertz CT molecular complexity index is 973.